The van der Waals surface area contributed by atoms with E-state index < -0.39 is 6.04 Å². The third-order valence-corrected chi connectivity index (χ3v) is 6.33. The van der Waals surface area contributed by atoms with E-state index >= 15 is 0 Å². The van der Waals surface area contributed by atoms with E-state index in [0.717, 1.165) is 39.6 Å². The van der Waals surface area contributed by atoms with Crippen molar-refractivity contribution in [1.29, 1.82) is 0 Å². The highest BCUT2D eigenvalue weighted by Gasteiger charge is 2.30. The normalized spacial score (nSPS) is 11.6. The van der Waals surface area contributed by atoms with E-state index in [0.29, 0.717) is 19.5 Å². The molecule has 0 bridgehead atoms. The first kappa shape index (κ1) is 25.7. The van der Waals surface area contributed by atoms with Crippen LogP contribution in [0, 0.1) is 6.92 Å². The molecular weight excluding hydrogens is 488 g/mol. The van der Waals surface area contributed by atoms with Gasteiger partial charge in [-0.2, -0.15) is 0 Å². The van der Waals surface area contributed by atoms with E-state index in [1.807, 2.05) is 85.8 Å². The highest BCUT2D eigenvalue weighted by atomic mass is 79.9. The first-order chi connectivity index (χ1) is 16.5. The molecule has 1 N–H and O–H groups in total. The summed E-state index contributed by atoms with van der Waals surface area (Å²) in [6, 6.07) is 25.2. The fraction of sp³-hybridized carbons (Fsp3) is 0.310. The van der Waals surface area contributed by atoms with Gasteiger partial charge in [-0.05, 0) is 42.2 Å². The lowest BCUT2D eigenvalue weighted by atomic mass is 10.0. The summed E-state index contributed by atoms with van der Waals surface area (Å²) in [6.07, 6.45) is 2.63. The van der Waals surface area contributed by atoms with Gasteiger partial charge < -0.3 is 10.2 Å². The number of unbranched alkanes of at least 4 members (excludes halogenated alkanes) is 1. The molecule has 0 aliphatic rings. The summed E-state index contributed by atoms with van der Waals surface area (Å²) < 4.78 is 0.979. The van der Waals surface area contributed by atoms with Crippen LogP contribution in [0.5, 0.6) is 0 Å². The summed E-state index contributed by atoms with van der Waals surface area (Å²) in [5, 5.41) is 3.07. The van der Waals surface area contributed by atoms with Gasteiger partial charge in [0.25, 0.3) is 0 Å². The molecule has 3 aromatic rings. The molecule has 5 heteroatoms. The van der Waals surface area contributed by atoms with Gasteiger partial charge in [-0.15, -0.1) is 0 Å². The zero-order valence-corrected chi connectivity index (χ0v) is 21.6. The second-order valence-corrected chi connectivity index (χ2v) is 9.58. The third-order valence-electron chi connectivity index (χ3n) is 5.80. The van der Waals surface area contributed by atoms with Crippen LogP contribution in [0.2, 0.25) is 0 Å². The minimum Gasteiger partial charge on any atom is -0.354 e. The number of nitrogens with zero attached hydrogens (tertiary/aromatic N) is 1. The van der Waals surface area contributed by atoms with Crippen molar-refractivity contribution in [3.8, 4) is 0 Å². The highest BCUT2D eigenvalue weighted by molar-refractivity contribution is 9.10. The Morgan fingerprint density at radius 3 is 2.29 bits per heavy atom. The molecule has 4 nitrogen and oxygen atoms in total. The maximum atomic E-state index is 13.7. The lowest BCUT2D eigenvalue weighted by Gasteiger charge is -2.32. The summed E-state index contributed by atoms with van der Waals surface area (Å²) >= 11 is 3.48. The van der Waals surface area contributed by atoms with Crippen LogP contribution in [0.3, 0.4) is 0 Å². The Labute approximate surface area is 211 Å². The quantitative estimate of drug-likeness (QED) is 0.322. The van der Waals surface area contributed by atoms with Crippen LogP contribution in [0.1, 0.15) is 42.0 Å². The molecule has 178 valence electrons. The number of carbonyl (C=O) groups excluding carboxylic acids is 2. The Morgan fingerprint density at radius 2 is 1.62 bits per heavy atom. The maximum absolute atomic E-state index is 13.7. The molecular formula is C29H33BrN2O2. The fourth-order valence-electron chi connectivity index (χ4n) is 3.94. The van der Waals surface area contributed by atoms with Crippen molar-refractivity contribution in [3.05, 3.63) is 106 Å². The number of nitrogens with one attached hydrogen (secondary N) is 1. The van der Waals surface area contributed by atoms with Crippen LogP contribution in [0.25, 0.3) is 0 Å². The van der Waals surface area contributed by atoms with Crippen molar-refractivity contribution < 1.29 is 9.59 Å². The highest BCUT2D eigenvalue weighted by Crippen LogP contribution is 2.18. The second kappa shape index (κ2) is 13.1. The first-order valence-corrected chi connectivity index (χ1v) is 12.7. The Hall–Kier alpha value is -2.92. The van der Waals surface area contributed by atoms with Gasteiger partial charge in [0.15, 0.2) is 0 Å². The lowest BCUT2D eigenvalue weighted by molar-refractivity contribution is -0.140. The van der Waals surface area contributed by atoms with Crippen molar-refractivity contribution in [2.75, 3.05) is 6.54 Å². The SMILES string of the molecule is CCCCNC(=O)[C@@H](Cc1ccccc1)N(Cc1ccc(Br)cc1)C(=O)Cc1cccc(C)c1. The van der Waals surface area contributed by atoms with Gasteiger partial charge in [-0.3, -0.25) is 9.59 Å². The van der Waals surface area contributed by atoms with Crippen molar-refractivity contribution in [1.82, 2.24) is 10.2 Å². The molecule has 3 aromatic carbocycles. The molecule has 1 atom stereocenters. The zero-order chi connectivity index (χ0) is 24.3. The average molecular weight is 521 g/mol. The molecule has 3 rings (SSSR count). The van der Waals surface area contributed by atoms with Crippen LogP contribution in [0.4, 0.5) is 0 Å². The number of halogens is 1. The second-order valence-electron chi connectivity index (χ2n) is 8.66. The molecule has 2 amide bonds. The Bertz CT molecular complexity index is 1070. The molecule has 0 radical (unpaired) electrons. The number of hydrogen-bond donors (Lipinski definition) is 1. The van der Waals surface area contributed by atoms with Gasteiger partial charge in [-0.1, -0.05) is 102 Å². The smallest absolute Gasteiger partial charge is 0.243 e. The van der Waals surface area contributed by atoms with Gasteiger partial charge >= 0.3 is 0 Å². The average Bonchev–Trinajstić information content (AvgIpc) is 2.83. The van der Waals surface area contributed by atoms with Crippen LogP contribution in [-0.4, -0.2) is 29.3 Å². The largest absolute Gasteiger partial charge is 0.354 e. The first-order valence-electron chi connectivity index (χ1n) is 11.9. The number of rotatable bonds is 11. The molecule has 34 heavy (non-hydrogen) atoms. The van der Waals surface area contributed by atoms with E-state index in [1.165, 1.54) is 0 Å². The number of benzene rings is 3. The van der Waals surface area contributed by atoms with Crippen molar-refractivity contribution in [2.24, 2.45) is 0 Å². The Morgan fingerprint density at radius 1 is 0.912 bits per heavy atom. The summed E-state index contributed by atoms with van der Waals surface area (Å²) in [7, 11) is 0. The van der Waals surface area contributed by atoms with Crippen molar-refractivity contribution in [2.45, 2.75) is 52.1 Å². The fourth-order valence-corrected chi connectivity index (χ4v) is 4.21. The Kier molecular flexibility index (Phi) is 9.89. The zero-order valence-electron chi connectivity index (χ0n) is 20.0. The molecule has 0 aliphatic heterocycles. The lowest BCUT2D eigenvalue weighted by Crippen LogP contribution is -2.51. The van der Waals surface area contributed by atoms with Gasteiger partial charge in [0, 0.05) is 24.0 Å². The monoisotopic (exact) mass is 520 g/mol. The van der Waals surface area contributed by atoms with Crippen LogP contribution in [-0.2, 0) is 29.0 Å². The summed E-state index contributed by atoms with van der Waals surface area (Å²) in [4.78, 5) is 28.9. The number of aryl methyl sites for hydroxylation is 1. The molecule has 0 unspecified atom stereocenters. The molecule has 0 saturated heterocycles. The minimum atomic E-state index is -0.597. The maximum Gasteiger partial charge on any atom is 0.243 e. The van der Waals surface area contributed by atoms with Crippen molar-refractivity contribution >= 4 is 27.7 Å². The molecule has 0 spiro atoms. The molecule has 0 aromatic heterocycles. The van der Waals surface area contributed by atoms with Gasteiger partial charge in [0.1, 0.15) is 6.04 Å². The van der Waals surface area contributed by atoms with E-state index in [2.05, 4.69) is 28.2 Å². The predicted molar refractivity (Wildman–Crippen MR) is 141 cm³/mol. The minimum absolute atomic E-state index is 0.0555. The van der Waals surface area contributed by atoms with Gasteiger partial charge in [-0.25, -0.2) is 0 Å². The van der Waals surface area contributed by atoms with E-state index in [9.17, 15) is 9.59 Å². The Balaban J connectivity index is 1.93. The number of hydrogen-bond acceptors (Lipinski definition) is 2. The van der Waals surface area contributed by atoms with E-state index in [1.54, 1.807) is 4.90 Å². The topological polar surface area (TPSA) is 49.4 Å². The van der Waals surface area contributed by atoms with Crippen LogP contribution in [0.15, 0.2) is 83.3 Å². The van der Waals surface area contributed by atoms with Crippen LogP contribution < -0.4 is 5.32 Å². The van der Waals surface area contributed by atoms with Gasteiger partial charge in [0.05, 0.1) is 6.42 Å². The predicted octanol–water partition coefficient (Wildman–Crippen LogP) is 5.86. The standard InChI is InChI=1S/C29H33BrN2O2/c1-3-4-17-31-29(34)27(19-23-10-6-5-7-11-23)32(21-24-13-15-26(30)16-14-24)28(33)20-25-12-8-9-22(2)18-25/h5-16,18,27H,3-4,17,19-21H2,1-2H3,(H,31,34)/t27-/m1/s1. The molecule has 0 fully saturated rings. The number of amides is 2. The molecule has 0 saturated carbocycles. The molecule has 0 heterocycles. The summed E-state index contributed by atoms with van der Waals surface area (Å²) in [5.41, 5.74) is 4.08. The number of carbonyl (C=O) groups is 2. The van der Waals surface area contributed by atoms with E-state index in [-0.39, 0.29) is 18.2 Å². The van der Waals surface area contributed by atoms with Gasteiger partial charge in [0.2, 0.25) is 11.8 Å². The van der Waals surface area contributed by atoms with E-state index in [4.69, 9.17) is 0 Å². The molecule has 0 aliphatic carbocycles. The van der Waals surface area contributed by atoms with Crippen LogP contribution >= 0.6 is 15.9 Å². The van der Waals surface area contributed by atoms with Crippen molar-refractivity contribution in [3.63, 3.8) is 0 Å². The summed E-state index contributed by atoms with van der Waals surface area (Å²) in [5.74, 6) is -0.160. The summed E-state index contributed by atoms with van der Waals surface area (Å²) in [6.45, 7) is 5.10. The third kappa shape index (κ3) is 7.84.